The summed E-state index contributed by atoms with van der Waals surface area (Å²) in [6, 6.07) is 0.416. The third-order valence-corrected chi connectivity index (χ3v) is 2.67. The van der Waals surface area contributed by atoms with Crippen LogP contribution < -0.4 is 5.32 Å². The molecule has 1 heterocycles. The minimum absolute atomic E-state index is 0.416. The summed E-state index contributed by atoms with van der Waals surface area (Å²) in [7, 11) is 0. The fraction of sp³-hybridized carbons (Fsp3) is 0.636. The van der Waals surface area contributed by atoms with Crippen LogP contribution in [0.2, 0.25) is 5.15 Å². The summed E-state index contributed by atoms with van der Waals surface area (Å²) in [6.07, 6.45) is 2.28. The lowest BCUT2D eigenvalue weighted by Gasteiger charge is -2.15. The first-order chi connectivity index (χ1) is 7.04. The van der Waals surface area contributed by atoms with E-state index in [1.165, 1.54) is 0 Å². The molecule has 1 atom stereocenters. The lowest BCUT2D eigenvalue weighted by atomic mass is 10.2. The van der Waals surface area contributed by atoms with E-state index in [1.54, 1.807) is 0 Å². The second-order valence-electron chi connectivity index (χ2n) is 3.87. The first-order valence-corrected chi connectivity index (χ1v) is 5.69. The molecule has 1 aromatic heterocycles. The second-order valence-corrected chi connectivity index (χ2v) is 4.23. The van der Waals surface area contributed by atoms with Gasteiger partial charge in [-0.25, -0.2) is 9.97 Å². The minimum Gasteiger partial charge on any atom is -0.367 e. The molecule has 0 aliphatic heterocycles. The van der Waals surface area contributed by atoms with Crippen LogP contribution in [0.3, 0.4) is 0 Å². The predicted molar refractivity (Wildman–Crippen MR) is 64.5 cm³/mol. The van der Waals surface area contributed by atoms with E-state index in [1.807, 2.05) is 13.8 Å². The van der Waals surface area contributed by atoms with Crippen LogP contribution in [0.5, 0.6) is 0 Å². The molecule has 1 unspecified atom stereocenters. The molecule has 0 amide bonds. The van der Waals surface area contributed by atoms with Crippen molar-refractivity contribution in [3.05, 3.63) is 16.5 Å². The molecule has 0 fully saturated rings. The fourth-order valence-corrected chi connectivity index (χ4v) is 1.69. The Morgan fingerprint density at radius 2 is 2.00 bits per heavy atom. The fourth-order valence-electron chi connectivity index (χ4n) is 1.47. The van der Waals surface area contributed by atoms with Gasteiger partial charge in [0.2, 0.25) is 0 Å². The zero-order chi connectivity index (χ0) is 11.4. The lowest BCUT2D eigenvalue weighted by Crippen LogP contribution is -2.17. The summed E-state index contributed by atoms with van der Waals surface area (Å²) in [5.74, 6) is 1.56. The van der Waals surface area contributed by atoms with Gasteiger partial charge in [-0.3, -0.25) is 0 Å². The molecular formula is C11H18ClN3. The summed E-state index contributed by atoms with van der Waals surface area (Å²) < 4.78 is 0. The smallest absolute Gasteiger partial charge is 0.137 e. The van der Waals surface area contributed by atoms with E-state index in [9.17, 15) is 0 Å². The average molecular weight is 228 g/mol. The van der Waals surface area contributed by atoms with Crippen LogP contribution in [-0.2, 0) is 0 Å². The molecule has 0 radical (unpaired) electrons. The summed E-state index contributed by atoms with van der Waals surface area (Å²) in [6.45, 7) is 8.10. The zero-order valence-electron chi connectivity index (χ0n) is 9.76. The number of aryl methyl sites for hydroxylation is 1. The normalized spacial score (nSPS) is 12.6. The van der Waals surface area contributed by atoms with Crippen LogP contribution in [0.25, 0.3) is 0 Å². The maximum absolute atomic E-state index is 5.99. The molecular weight excluding hydrogens is 210 g/mol. The first kappa shape index (κ1) is 12.2. The van der Waals surface area contributed by atoms with Crippen LogP contribution in [0, 0.1) is 13.8 Å². The lowest BCUT2D eigenvalue weighted by molar-refractivity contribution is 0.685. The Morgan fingerprint density at radius 3 is 2.60 bits per heavy atom. The minimum atomic E-state index is 0.416. The number of rotatable bonds is 4. The maximum Gasteiger partial charge on any atom is 0.137 e. The number of nitrogens with zero attached hydrogens (tertiary/aromatic N) is 2. The van der Waals surface area contributed by atoms with Crippen molar-refractivity contribution >= 4 is 17.4 Å². The van der Waals surface area contributed by atoms with Crippen molar-refractivity contribution in [3.8, 4) is 0 Å². The van der Waals surface area contributed by atoms with Crippen LogP contribution in [0.1, 0.15) is 38.1 Å². The van der Waals surface area contributed by atoms with E-state index in [-0.39, 0.29) is 0 Å². The molecule has 0 bridgehead atoms. The number of anilines is 1. The Labute approximate surface area is 96.3 Å². The molecule has 1 rings (SSSR count). The molecule has 1 N–H and O–H groups in total. The third-order valence-electron chi connectivity index (χ3n) is 2.30. The van der Waals surface area contributed by atoms with Crippen LogP contribution in [-0.4, -0.2) is 16.0 Å². The molecule has 0 saturated carbocycles. The molecule has 0 spiro atoms. The Bertz CT molecular complexity index is 339. The highest BCUT2D eigenvalue weighted by Gasteiger charge is 2.09. The van der Waals surface area contributed by atoms with Gasteiger partial charge in [-0.15, -0.1) is 0 Å². The van der Waals surface area contributed by atoms with Gasteiger partial charge in [0.25, 0.3) is 0 Å². The Kier molecular flexibility index (Phi) is 4.33. The third kappa shape index (κ3) is 3.34. The standard InChI is InChI=1S/C11H18ClN3/c1-5-6-7(2)13-11-8(3)10(12)14-9(4)15-11/h7H,5-6H2,1-4H3,(H,13,14,15). The molecule has 4 heteroatoms. The van der Waals surface area contributed by atoms with Crippen molar-refractivity contribution in [2.75, 3.05) is 5.32 Å². The topological polar surface area (TPSA) is 37.8 Å². The van der Waals surface area contributed by atoms with Gasteiger partial charge in [0.15, 0.2) is 0 Å². The van der Waals surface area contributed by atoms with Gasteiger partial charge >= 0.3 is 0 Å². The van der Waals surface area contributed by atoms with Crippen molar-refractivity contribution in [3.63, 3.8) is 0 Å². The van der Waals surface area contributed by atoms with E-state index in [0.717, 1.165) is 24.2 Å². The number of hydrogen-bond donors (Lipinski definition) is 1. The zero-order valence-corrected chi connectivity index (χ0v) is 10.5. The van der Waals surface area contributed by atoms with Crippen LogP contribution in [0.15, 0.2) is 0 Å². The molecule has 0 aromatic carbocycles. The Balaban J connectivity index is 2.84. The summed E-state index contributed by atoms with van der Waals surface area (Å²) in [5, 5.41) is 3.89. The average Bonchev–Trinajstić information content (AvgIpc) is 2.13. The molecule has 0 aliphatic rings. The van der Waals surface area contributed by atoms with Crippen LogP contribution in [0.4, 0.5) is 5.82 Å². The Morgan fingerprint density at radius 1 is 1.33 bits per heavy atom. The molecule has 3 nitrogen and oxygen atoms in total. The SMILES string of the molecule is CCCC(C)Nc1nc(C)nc(Cl)c1C. The number of halogens is 1. The van der Waals surface area contributed by atoms with Gasteiger partial charge < -0.3 is 5.32 Å². The highest BCUT2D eigenvalue weighted by Crippen LogP contribution is 2.20. The summed E-state index contributed by atoms with van der Waals surface area (Å²) in [5.41, 5.74) is 0.921. The van der Waals surface area contributed by atoms with E-state index >= 15 is 0 Å². The van der Waals surface area contributed by atoms with Crippen molar-refractivity contribution < 1.29 is 0 Å². The summed E-state index contributed by atoms with van der Waals surface area (Å²) in [4.78, 5) is 8.45. The van der Waals surface area contributed by atoms with E-state index in [4.69, 9.17) is 11.6 Å². The van der Waals surface area contributed by atoms with Gasteiger partial charge in [-0.05, 0) is 27.2 Å². The largest absolute Gasteiger partial charge is 0.367 e. The highest BCUT2D eigenvalue weighted by atomic mass is 35.5. The van der Waals surface area contributed by atoms with Gasteiger partial charge in [-0.1, -0.05) is 24.9 Å². The maximum atomic E-state index is 5.99. The van der Waals surface area contributed by atoms with Crippen LogP contribution >= 0.6 is 11.6 Å². The predicted octanol–water partition coefficient (Wildman–Crippen LogP) is 3.35. The summed E-state index contributed by atoms with van der Waals surface area (Å²) >= 11 is 5.99. The monoisotopic (exact) mass is 227 g/mol. The van der Waals surface area contributed by atoms with Gasteiger partial charge in [0, 0.05) is 11.6 Å². The van der Waals surface area contributed by atoms with E-state index in [2.05, 4.69) is 29.1 Å². The van der Waals surface area contributed by atoms with Gasteiger partial charge in [0.1, 0.15) is 16.8 Å². The van der Waals surface area contributed by atoms with Crippen molar-refractivity contribution in [1.82, 2.24) is 9.97 Å². The highest BCUT2D eigenvalue weighted by molar-refractivity contribution is 6.30. The quantitative estimate of drug-likeness (QED) is 0.802. The van der Waals surface area contributed by atoms with E-state index in [0.29, 0.717) is 17.0 Å². The first-order valence-electron chi connectivity index (χ1n) is 5.31. The van der Waals surface area contributed by atoms with Gasteiger partial charge in [-0.2, -0.15) is 0 Å². The van der Waals surface area contributed by atoms with Crippen molar-refractivity contribution in [2.24, 2.45) is 0 Å². The number of aromatic nitrogens is 2. The van der Waals surface area contributed by atoms with Gasteiger partial charge in [0.05, 0.1) is 0 Å². The second kappa shape index (κ2) is 5.31. The molecule has 0 aliphatic carbocycles. The van der Waals surface area contributed by atoms with E-state index < -0.39 is 0 Å². The Hall–Kier alpha value is -0.830. The molecule has 1 aromatic rings. The molecule has 84 valence electrons. The van der Waals surface area contributed by atoms with Crippen molar-refractivity contribution in [2.45, 2.75) is 46.6 Å². The van der Waals surface area contributed by atoms with Crippen molar-refractivity contribution in [1.29, 1.82) is 0 Å². The molecule has 15 heavy (non-hydrogen) atoms. The number of hydrogen-bond acceptors (Lipinski definition) is 3. The molecule has 0 saturated heterocycles. The number of nitrogens with one attached hydrogen (secondary N) is 1.